The van der Waals surface area contributed by atoms with Crippen molar-refractivity contribution in [3.05, 3.63) is 0 Å². The predicted octanol–water partition coefficient (Wildman–Crippen LogP) is -0.522. The van der Waals surface area contributed by atoms with Gasteiger partial charge in [-0.25, -0.2) is 8.42 Å². The SMILES string of the molecule is CCCN(CC(=O)N(C)C)S(=O)(=O)C1CCNC1. The van der Waals surface area contributed by atoms with E-state index in [0.717, 1.165) is 6.54 Å². The summed E-state index contributed by atoms with van der Waals surface area (Å²) < 4.78 is 26.1. The summed E-state index contributed by atoms with van der Waals surface area (Å²) in [5.41, 5.74) is 0. The van der Waals surface area contributed by atoms with Crippen molar-refractivity contribution in [2.45, 2.75) is 25.0 Å². The third-order valence-corrected chi connectivity index (χ3v) is 5.36. The van der Waals surface area contributed by atoms with Gasteiger partial charge in [-0.3, -0.25) is 4.79 Å². The summed E-state index contributed by atoms with van der Waals surface area (Å²) in [4.78, 5) is 13.1. The van der Waals surface area contributed by atoms with Crippen molar-refractivity contribution in [1.29, 1.82) is 0 Å². The second kappa shape index (κ2) is 6.49. The topological polar surface area (TPSA) is 69.7 Å². The van der Waals surface area contributed by atoms with Crippen molar-refractivity contribution < 1.29 is 13.2 Å². The number of nitrogens with zero attached hydrogens (tertiary/aromatic N) is 2. The monoisotopic (exact) mass is 277 g/mol. The number of rotatable bonds is 6. The van der Waals surface area contributed by atoms with E-state index in [1.807, 2.05) is 6.92 Å². The molecular formula is C11H23N3O3S. The summed E-state index contributed by atoms with van der Waals surface area (Å²) >= 11 is 0. The highest BCUT2D eigenvalue weighted by atomic mass is 32.2. The van der Waals surface area contributed by atoms with Crippen LogP contribution in [0, 0.1) is 0 Å². The van der Waals surface area contributed by atoms with E-state index in [1.165, 1.54) is 9.21 Å². The summed E-state index contributed by atoms with van der Waals surface area (Å²) in [6.45, 7) is 3.47. The number of sulfonamides is 1. The lowest BCUT2D eigenvalue weighted by Gasteiger charge is -2.25. The molecule has 1 amide bonds. The molecule has 1 atom stereocenters. The summed E-state index contributed by atoms with van der Waals surface area (Å²) in [7, 11) is -0.0980. The summed E-state index contributed by atoms with van der Waals surface area (Å²) in [5.74, 6) is -0.182. The number of carbonyl (C=O) groups is 1. The molecule has 0 bridgehead atoms. The molecule has 0 aliphatic carbocycles. The molecule has 0 radical (unpaired) electrons. The van der Waals surface area contributed by atoms with Gasteiger partial charge in [-0.1, -0.05) is 6.92 Å². The van der Waals surface area contributed by atoms with E-state index < -0.39 is 10.0 Å². The first-order chi connectivity index (χ1) is 8.39. The quantitative estimate of drug-likeness (QED) is 0.709. The smallest absolute Gasteiger partial charge is 0.237 e. The fourth-order valence-electron chi connectivity index (χ4n) is 1.93. The first-order valence-corrected chi connectivity index (χ1v) is 7.79. The molecule has 0 aromatic carbocycles. The van der Waals surface area contributed by atoms with Crippen LogP contribution in [0.5, 0.6) is 0 Å². The van der Waals surface area contributed by atoms with E-state index in [1.54, 1.807) is 14.1 Å². The molecule has 7 heteroatoms. The van der Waals surface area contributed by atoms with Crippen molar-refractivity contribution in [3.63, 3.8) is 0 Å². The van der Waals surface area contributed by atoms with E-state index in [2.05, 4.69) is 5.32 Å². The molecule has 1 aliphatic rings. The summed E-state index contributed by atoms with van der Waals surface area (Å²) in [5, 5.41) is 2.66. The zero-order chi connectivity index (χ0) is 13.8. The number of hydrogen-bond donors (Lipinski definition) is 1. The van der Waals surface area contributed by atoms with Crippen molar-refractivity contribution in [2.24, 2.45) is 0 Å². The van der Waals surface area contributed by atoms with Crippen LogP contribution < -0.4 is 5.32 Å². The maximum absolute atomic E-state index is 12.4. The fraction of sp³-hybridized carbons (Fsp3) is 0.909. The Kier molecular flexibility index (Phi) is 5.55. The normalized spacial score (nSPS) is 20.3. The molecule has 1 rings (SSSR count). The fourth-order valence-corrected chi connectivity index (χ4v) is 3.82. The van der Waals surface area contributed by atoms with Gasteiger partial charge in [0.05, 0.1) is 11.8 Å². The van der Waals surface area contributed by atoms with Gasteiger partial charge in [0, 0.05) is 27.2 Å². The van der Waals surface area contributed by atoms with Gasteiger partial charge >= 0.3 is 0 Å². The zero-order valence-electron chi connectivity index (χ0n) is 11.3. The van der Waals surface area contributed by atoms with Gasteiger partial charge < -0.3 is 10.2 Å². The van der Waals surface area contributed by atoms with Gasteiger partial charge in [0.2, 0.25) is 15.9 Å². The van der Waals surface area contributed by atoms with Crippen LogP contribution in [0.3, 0.4) is 0 Å². The highest BCUT2D eigenvalue weighted by Gasteiger charge is 2.34. The van der Waals surface area contributed by atoms with Crippen LogP contribution in [0.15, 0.2) is 0 Å². The number of carbonyl (C=O) groups excluding carboxylic acids is 1. The van der Waals surface area contributed by atoms with Crippen molar-refractivity contribution in [3.8, 4) is 0 Å². The Morgan fingerprint density at radius 2 is 2.06 bits per heavy atom. The Balaban J connectivity index is 2.79. The molecule has 1 heterocycles. The highest BCUT2D eigenvalue weighted by Crippen LogP contribution is 2.15. The van der Waals surface area contributed by atoms with E-state index in [-0.39, 0.29) is 17.7 Å². The molecular weight excluding hydrogens is 254 g/mol. The van der Waals surface area contributed by atoms with Gasteiger partial charge in [-0.15, -0.1) is 0 Å². The van der Waals surface area contributed by atoms with Crippen molar-refractivity contribution in [2.75, 3.05) is 40.3 Å². The van der Waals surface area contributed by atoms with E-state index >= 15 is 0 Å². The molecule has 0 aromatic heterocycles. The van der Waals surface area contributed by atoms with Gasteiger partial charge in [0.1, 0.15) is 0 Å². The Labute approximate surface area is 109 Å². The maximum Gasteiger partial charge on any atom is 0.237 e. The van der Waals surface area contributed by atoms with Crippen LogP contribution in [-0.4, -0.2) is 69.1 Å². The maximum atomic E-state index is 12.4. The molecule has 106 valence electrons. The predicted molar refractivity (Wildman–Crippen MR) is 70.8 cm³/mol. The van der Waals surface area contributed by atoms with Gasteiger partial charge in [0.25, 0.3) is 0 Å². The van der Waals surface area contributed by atoms with E-state index in [9.17, 15) is 13.2 Å². The van der Waals surface area contributed by atoms with Crippen molar-refractivity contribution >= 4 is 15.9 Å². The lowest BCUT2D eigenvalue weighted by Crippen LogP contribution is -2.45. The first kappa shape index (κ1) is 15.4. The van der Waals surface area contributed by atoms with Crippen LogP contribution in [-0.2, 0) is 14.8 Å². The number of nitrogens with one attached hydrogen (secondary N) is 1. The summed E-state index contributed by atoms with van der Waals surface area (Å²) in [6, 6.07) is 0. The minimum atomic E-state index is -3.37. The Morgan fingerprint density at radius 1 is 1.39 bits per heavy atom. The lowest BCUT2D eigenvalue weighted by atomic mass is 10.4. The van der Waals surface area contributed by atoms with Gasteiger partial charge in [-0.2, -0.15) is 4.31 Å². The van der Waals surface area contributed by atoms with E-state index in [0.29, 0.717) is 25.9 Å². The van der Waals surface area contributed by atoms with Crippen LogP contribution in [0.1, 0.15) is 19.8 Å². The van der Waals surface area contributed by atoms with Crippen molar-refractivity contribution in [1.82, 2.24) is 14.5 Å². The Hall–Kier alpha value is -0.660. The van der Waals surface area contributed by atoms with Crippen LogP contribution >= 0.6 is 0 Å². The summed E-state index contributed by atoms with van der Waals surface area (Å²) in [6.07, 6.45) is 1.33. The van der Waals surface area contributed by atoms with Crippen LogP contribution in [0.4, 0.5) is 0 Å². The highest BCUT2D eigenvalue weighted by molar-refractivity contribution is 7.89. The van der Waals surface area contributed by atoms with Gasteiger partial charge in [0.15, 0.2) is 0 Å². The molecule has 1 unspecified atom stereocenters. The molecule has 1 fully saturated rings. The average molecular weight is 277 g/mol. The Bertz CT molecular complexity index is 375. The molecule has 1 saturated heterocycles. The number of amides is 1. The molecule has 1 N–H and O–H groups in total. The number of likely N-dealkylation sites (N-methyl/N-ethyl adjacent to an activating group) is 1. The molecule has 0 spiro atoms. The van der Waals surface area contributed by atoms with Gasteiger partial charge in [-0.05, 0) is 19.4 Å². The van der Waals surface area contributed by atoms with Crippen LogP contribution in [0.25, 0.3) is 0 Å². The van der Waals surface area contributed by atoms with E-state index in [4.69, 9.17) is 0 Å². The molecule has 0 aromatic rings. The average Bonchev–Trinajstić information content (AvgIpc) is 2.82. The second-order valence-corrected chi connectivity index (χ2v) is 6.99. The molecule has 1 aliphatic heterocycles. The second-order valence-electron chi connectivity index (χ2n) is 4.78. The number of hydrogen-bond acceptors (Lipinski definition) is 4. The molecule has 0 saturated carbocycles. The molecule has 18 heavy (non-hydrogen) atoms. The lowest BCUT2D eigenvalue weighted by molar-refractivity contribution is -0.128. The largest absolute Gasteiger partial charge is 0.348 e. The minimum Gasteiger partial charge on any atom is -0.348 e. The third-order valence-electron chi connectivity index (χ3n) is 3.08. The first-order valence-electron chi connectivity index (χ1n) is 6.29. The van der Waals surface area contributed by atoms with Crippen LogP contribution in [0.2, 0.25) is 0 Å². The Morgan fingerprint density at radius 3 is 2.50 bits per heavy atom. The minimum absolute atomic E-state index is 0.0559. The zero-order valence-corrected chi connectivity index (χ0v) is 12.2. The third kappa shape index (κ3) is 3.66. The molecule has 6 nitrogen and oxygen atoms in total. The standard InChI is InChI=1S/C11H23N3O3S/c1-4-7-14(9-11(15)13(2)3)18(16,17)10-5-6-12-8-10/h10,12H,4-9H2,1-3H3.